The third kappa shape index (κ3) is 5.15. The third-order valence-corrected chi connectivity index (χ3v) is 7.62. The van der Waals surface area contributed by atoms with Crippen LogP contribution in [0, 0.1) is 6.92 Å². The second-order valence-electron chi connectivity index (χ2n) is 11.7. The molecule has 0 aromatic heterocycles. The molecule has 0 aliphatic carbocycles. The van der Waals surface area contributed by atoms with Crippen LogP contribution < -0.4 is 4.90 Å². The number of benzene rings is 2. The van der Waals surface area contributed by atoms with Crippen molar-refractivity contribution < 1.29 is 29.0 Å². The zero-order valence-corrected chi connectivity index (χ0v) is 22.8. The summed E-state index contributed by atoms with van der Waals surface area (Å²) < 4.78 is 5.50. The van der Waals surface area contributed by atoms with Gasteiger partial charge in [0.05, 0.1) is 29.7 Å². The van der Waals surface area contributed by atoms with Gasteiger partial charge in [0, 0.05) is 24.8 Å². The van der Waals surface area contributed by atoms with E-state index in [2.05, 4.69) is 0 Å². The predicted octanol–water partition coefficient (Wildman–Crippen LogP) is 3.87. The molecule has 4 amide bonds. The topological polar surface area (TPSA) is 107 Å². The Morgan fingerprint density at radius 2 is 1.69 bits per heavy atom. The molecule has 5 rings (SSSR count). The van der Waals surface area contributed by atoms with Crippen LogP contribution in [0.5, 0.6) is 0 Å². The Hall–Kier alpha value is -3.72. The van der Waals surface area contributed by atoms with E-state index in [1.807, 2.05) is 56.9 Å². The number of carbonyl (C=O) groups is 4. The van der Waals surface area contributed by atoms with Gasteiger partial charge in [0.15, 0.2) is 0 Å². The summed E-state index contributed by atoms with van der Waals surface area (Å²) in [5, 5.41) is 11.0. The van der Waals surface area contributed by atoms with Gasteiger partial charge in [0.25, 0.3) is 11.8 Å². The van der Waals surface area contributed by atoms with Crippen molar-refractivity contribution in [3.8, 4) is 0 Å². The predicted molar refractivity (Wildman–Crippen MR) is 145 cm³/mol. The molecule has 2 aromatic carbocycles. The number of ether oxygens (including phenoxy) is 1. The number of likely N-dealkylation sites (tertiary alicyclic amines) is 1. The summed E-state index contributed by atoms with van der Waals surface area (Å²) in [6.07, 6.45) is -0.0931. The number of para-hydroxylation sites is 1. The van der Waals surface area contributed by atoms with Gasteiger partial charge >= 0.3 is 6.09 Å². The molecule has 9 heteroatoms. The molecule has 0 spiro atoms. The van der Waals surface area contributed by atoms with E-state index in [1.165, 1.54) is 0 Å². The first kappa shape index (κ1) is 26.9. The minimum atomic E-state index is -1.07. The summed E-state index contributed by atoms with van der Waals surface area (Å²) in [5.74, 6) is -1.54. The van der Waals surface area contributed by atoms with Crippen LogP contribution >= 0.6 is 0 Å². The Kier molecular flexibility index (Phi) is 6.97. The third-order valence-electron chi connectivity index (χ3n) is 7.62. The SMILES string of the molecule is Cc1ccc2c(c1)C(=O)N(CC(O)CC1C(=O)N(C3CCN(C(=O)OC(C)(C)C)CC3)c3ccccc31)C2=O. The maximum Gasteiger partial charge on any atom is 0.410 e. The Morgan fingerprint density at radius 3 is 2.38 bits per heavy atom. The Balaban J connectivity index is 1.26. The van der Waals surface area contributed by atoms with Crippen molar-refractivity contribution >= 4 is 29.5 Å². The van der Waals surface area contributed by atoms with Gasteiger partial charge in [0.2, 0.25) is 5.91 Å². The van der Waals surface area contributed by atoms with E-state index in [9.17, 15) is 24.3 Å². The highest BCUT2D eigenvalue weighted by Crippen LogP contribution is 2.42. The van der Waals surface area contributed by atoms with Crippen LogP contribution in [-0.2, 0) is 9.53 Å². The number of hydrogen-bond donors (Lipinski definition) is 1. The van der Waals surface area contributed by atoms with Crippen LogP contribution in [0.15, 0.2) is 42.5 Å². The second-order valence-corrected chi connectivity index (χ2v) is 11.7. The standard InChI is InChI=1S/C30H35N3O6/c1-18-9-10-22-23(15-18)27(36)32(26(22)35)17-20(34)16-24-21-7-5-6-8-25(21)33(28(24)37)19-11-13-31(14-12-19)29(38)39-30(2,3)4/h5-10,15,19-20,24,34H,11-14,16-17H2,1-4H3. The number of imide groups is 1. The van der Waals surface area contributed by atoms with E-state index in [1.54, 1.807) is 23.1 Å². The fourth-order valence-electron chi connectivity index (χ4n) is 5.79. The number of aliphatic hydroxyl groups excluding tert-OH is 1. The molecule has 0 saturated carbocycles. The van der Waals surface area contributed by atoms with E-state index in [0.29, 0.717) is 37.1 Å². The van der Waals surface area contributed by atoms with Gasteiger partial charge in [-0.1, -0.05) is 29.8 Å². The van der Waals surface area contributed by atoms with Gasteiger partial charge in [-0.05, 0) is 70.7 Å². The lowest BCUT2D eigenvalue weighted by Gasteiger charge is -2.37. The van der Waals surface area contributed by atoms with Crippen molar-refractivity contribution in [1.29, 1.82) is 0 Å². The van der Waals surface area contributed by atoms with E-state index in [0.717, 1.165) is 21.7 Å². The summed E-state index contributed by atoms with van der Waals surface area (Å²) in [4.78, 5) is 56.5. The highest BCUT2D eigenvalue weighted by atomic mass is 16.6. The number of aryl methyl sites for hydroxylation is 1. The van der Waals surface area contributed by atoms with Crippen LogP contribution in [0.4, 0.5) is 10.5 Å². The fraction of sp³-hybridized carbons (Fsp3) is 0.467. The van der Waals surface area contributed by atoms with Gasteiger partial charge < -0.3 is 19.6 Å². The van der Waals surface area contributed by atoms with Crippen molar-refractivity contribution in [2.45, 2.75) is 70.6 Å². The lowest BCUT2D eigenvalue weighted by molar-refractivity contribution is -0.120. The van der Waals surface area contributed by atoms with Gasteiger partial charge in [0.1, 0.15) is 5.60 Å². The molecule has 3 heterocycles. The zero-order chi connectivity index (χ0) is 28.1. The maximum absolute atomic E-state index is 13.7. The number of β-amino-alcohol motifs (C(OH)–C–C–N with tert-alkyl or cyclic N) is 1. The molecule has 3 aliphatic rings. The molecule has 2 aromatic rings. The summed E-state index contributed by atoms with van der Waals surface area (Å²) in [6, 6.07) is 12.6. The van der Waals surface area contributed by atoms with Crippen molar-refractivity contribution in [2.24, 2.45) is 0 Å². The van der Waals surface area contributed by atoms with Crippen LogP contribution in [0.3, 0.4) is 0 Å². The van der Waals surface area contributed by atoms with E-state index >= 15 is 0 Å². The Morgan fingerprint density at radius 1 is 1.03 bits per heavy atom. The summed E-state index contributed by atoms with van der Waals surface area (Å²) in [7, 11) is 0. The molecule has 1 N–H and O–H groups in total. The minimum absolute atomic E-state index is 0.0843. The number of amides is 4. The van der Waals surface area contributed by atoms with Crippen LogP contribution in [0.25, 0.3) is 0 Å². The molecule has 1 saturated heterocycles. The Bertz CT molecular complexity index is 1320. The normalized spacial score (nSPS) is 20.4. The van der Waals surface area contributed by atoms with Crippen LogP contribution in [0.2, 0.25) is 0 Å². The first-order valence-corrected chi connectivity index (χ1v) is 13.5. The first-order chi connectivity index (χ1) is 18.4. The molecule has 0 radical (unpaired) electrons. The smallest absolute Gasteiger partial charge is 0.410 e. The molecule has 39 heavy (non-hydrogen) atoms. The molecular weight excluding hydrogens is 498 g/mol. The summed E-state index contributed by atoms with van der Waals surface area (Å²) in [6.45, 7) is 8.15. The zero-order valence-electron chi connectivity index (χ0n) is 22.8. The summed E-state index contributed by atoms with van der Waals surface area (Å²) >= 11 is 0. The van der Waals surface area contributed by atoms with Crippen molar-refractivity contribution in [1.82, 2.24) is 9.80 Å². The number of rotatable bonds is 5. The Labute approximate surface area is 228 Å². The highest BCUT2D eigenvalue weighted by Gasteiger charge is 2.44. The molecule has 0 bridgehead atoms. The average molecular weight is 534 g/mol. The van der Waals surface area contributed by atoms with Gasteiger partial charge in [-0.2, -0.15) is 0 Å². The summed E-state index contributed by atoms with van der Waals surface area (Å²) in [5.41, 5.74) is 2.63. The van der Waals surface area contributed by atoms with Gasteiger partial charge in [-0.15, -0.1) is 0 Å². The number of fused-ring (bicyclic) bond motifs is 2. The highest BCUT2D eigenvalue weighted by molar-refractivity contribution is 6.21. The largest absolute Gasteiger partial charge is 0.444 e. The van der Waals surface area contributed by atoms with E-state index < -0.39 is 29.4 Å². The van der Waals surface area contributed by atoms with E-state index in [4.69, 9.17) is 4.74 Å². The molecule has 2 atom stereocenters. The van der Waals surface area contributed by atoms with Crippen molar-refractivity contribution in [3.05, 3.63) is 64.7 Å². The number of nitrogens with zero attached hydrogens (tertiary/aromatic N) is 3. The van der Waals surface area contributed by atoms with E-state index in [-0.39, 0.29) is 31.0 Å². The number of anilines is 1. The number of hydrogen-bond acceptors (Lipinski definition) is 6. The molecule has 3 aliphatic heterocycles. The van der Waals surface area contributed by atoms with Crippen molar-refractivity contribution in [2.75, 3.05) is 24.5 Å². The lowest BCUT2D eigenvalue weighted by atomic mass is 9.94. The van der Waals surface area contributed by atoms with Crippen LogP contribution in [0.1, 0.15) is 77.8 Å². The monoisotopic (exact) mass is 533 g/mol. The molecule has 9 nitrogen and oxygen atoms in total. The minimum Gasteiger partial charge on any atom is -0.444 e. The fourth-order valence-corrected chi connectivity index (χ4v) is 5.79. The second kappa shape index (κ2) is 10.1. The van der Waals surface area contributed by atoms with Crippen LogP contribution in [-0.4, -0.2) is 76.1 Å². The molecule has 206 valence electrons. The number of aliphatic hydroxyl groups is 1. The van der Waals surface area contributed by atoms with Gasteiger partial charge in [-0.3, -0.25) is 19.3 Å². The first-order valence-electron chi connectivity index (χ1n) is 13.5. The lowest BCUT2D eigenvalue weighted by Crippen LogP contribution is -2.49. The molecular formula is C30H35N3O6. The maximum atomic E-state index is 13.7. The van der Waals surface area contributed by atoms with Crippen molar-refractivity contribution in [3.63, 3.8) is 0 Å². The molecule has 1 fully saturated rings. The van der Waals surface area contributed by atoms with Gasteiger partial charge in [-0.25, -0.2) is 4.79 Å². The number of carbonyl (C=O) groups excluding carboxylic acids is 4. The quantitative estimate of drug-likeness (QED) is 0.585. The average Bonchev–Trinajstić information content (AvgIpc) is 3.28. The number of piperidine rings is 1. The molecule has 2 unspecified atom stereocenters.